The Hall–Kier alpha value is -1.73. The zero-order valence-corrected chi connectivity index (χ0v) is 18.7. The summed E-state index contributed by atoms with van der Waals surface area (Å²) in [6.45, 7) is -1.04. The first-order valence-electron chi connectivity index (χ1n) is 8.47. The summed E-state index contributed by atoms with van der Waals surface area (Å²) in [5, 5.41) is 21.7. The number of hydrogen-bond acceptors (Lipinski definition) is 12. The van der Waals surface area contributed by atoms with E-state index in [9.17, 15) is 33.7 Å². The van der Waals surface area contributed by atoms with Gasteiger partial charge in [-0.25, -0.2) is 23.7 Å². The lowest BCUT2D eigenvalue weighted by molar-refractivity contribution is -0.0715. The summed E-state index contributed by atoms with van der Waals surface area (Å²) in [4.78, 5) is 43.6. The van der Waals surface area contributed by atoms with Gasteiger partial charge in [0, 0.05) is 6.20 Å². The number of fused-ring (bicyclic) bond motifs is 1. The van der Waals surface area contributed by atoms with Crippen LogP contribution in [0.25, 0.3) is 11.0 Å². The van der Waals surface area contributed by atoms with Gasteiger partial charge in [-0.2, -0.15) is 8.62 Å². The maximum atomic E-state index is 11.9. The molecule has 4 unspecified atom stereocenters. The molecule has 0 saturated carbocycles. The predicted molar refractivity (Wildman–Crippen MR) is 105 cm³/mol. The van der Waals surface area contributed by atoms with Gasteiger partial charge in [0.25, 0.3) is 0 Å². The third-order valence-corrected chi connectivity index (χ3v) is 8.13. The quantitative estimate of drug-likeness (QED) is 0.159. The lowest BCUT2D eigenvalue weighted by Gasteiger charge is -2.26. The van der Waals surface area contributed by atoms with Crippen molar-refractivity contribution in [1.82, 2.24) is 14.5 Å². The fraction of sp³-hybridized carbons (Fsp3) is 0.385. The van der Waals surface area contributed by atoms with Crippen molar-refractivity contribution in [2.75, 3.05) is 12.3 Å². The standard InChI is InChI=1S/C13H17N4O13P3/c1-2-13(19)9(18)8(5-27-32(23,24)30-33(25,26)29-31(20,21)22)28-12(13)17-4-3-7-10(14)15-6-16-11(7)17/h1,3-4,6,8-9,12,18-19H,5H2,(H,23,24)(H,25,26)(H2,14,15,16)(H2,20,21,22)/t8?,9-,12?,13-/m1/s1. The van der Waals surface area contributed by atoms with Gasteiger partial charge in [0.2, 0.25) is 0 Å². The third kappa shape index (κ3) is 5.51. The number of hydrogen-bond donors (Lipinski definition) is 7. The number of aliphatic hydroxyl groups excluding tert-OH is 1. The lowest BCUT2D eigenvalue weighted by atomic mass is 9.95. The molecule has 0 aliphatic carbocycles. The second-order valence-corrected chi connectivity index (χ2v) is 11.0. The maximum absolute atomic E-state index is 11.9. The first-order chi connectivity index (χ1) is 15.1. The number of ether oxygens (including phenoxy) is 1. The monoisotopic (exact) mass is 530 g/mol. The third-order valence-electron chi connectivity index (χ3n) is 4.33. The summed E-state index contributed by atoms with van der Waals surface area (Å²) in [5.41, 5.74) is 3.52. The van der Waals surface area contributed by atoms with Crippen LogP contribution < -0.4 is 5.73 Å². The molecule has 1 aliphatic heterocycles. The van der Waals surface area contributed by atoms with E-state index in [2.05, 4.69) is 23.1 Å². The van der Waals surface area contributed by atoms with Gasteiger partial charge >= 0.3 is 23.5 Å². The molecule has 0 radical (unpaired) electrons. The van der Waals surface area contributed by atoms with Crippen molar-refractivity contribution in [3.63, 3.8) is 0 Å². The maximum Gasteiger partial charge on any atom is 0.490 e. The Kier molecular flexibility index (Phi) is 6.91. The zero-order chi connectivity index (χ0) is 24.8. The molecule has 1 aliphatic rings. The van der Waals surface area contributed by atoms with Gasteiger partial charge in [-0.05, 0) is 6.07 Å². The summed E-state index contributed by atoms with van der Waals surface area (Å²) in [6, 6.07) is 1.48. The number of nitrogens with two attached hydrogens (primary N) is 1. The van der Waals surface area contributed by atoms with E-state index in [0.29, 0.717) is 5.39 Å². The number of nitrogens with zero attached hydrogens (tertiary/aromatic N) is 3. The summed E-state index contributed by atoms with van der Waals surface area (Å²) < 4.78 is 52.3. The number of rotatable bonds is 8. The van der Waals surface area contributed by atoms with Gasteiger partial charge in [-0.1, -0.05) is 5.92 Å². The van der Waals surface area contributed by atoms with E-state index in [1.54, 1.807) is 0 Å². The number of anilines is 1. The summed E-state index contributed by atoms with van der Waals surface area (Å²) >= 11 is 0. The Balaban J connectivity index is 1.79. The predicted octanol–water partition coefficient (Wildman–Crippen LogP) is -1.02. The van der Waals surface area contributed by atoms with Crippen molar-refractivity contribution in [2.45, 2.75) is 24.0 Å². The first-order valence-corrected chi connectivity index (χ1v) is 13.0. The molecule has 8 N–H and O–H groups in total. The Bertz CT molecular complexity index is 1240. The smallest absolute Gasteiger partial charge is 0.386 e. The van der Waals surface area contributed by atoms with E-state index in [-0.39, 0.29) is 11.5 Å². The van der Waals surface area contributed by atoms with Gasteiger partial charge in [-0.15, -0.1) is 6.42 Å². The SMILES string of the molecule is C#C[C@]1(O)C(n2ccc3c(N)ncnc32)OC(COP(=O)(O)OP(=O)(O)OP(=O)(O)O)[C@H]1O. The molecule has 0 aromatic carbocycles. The number of phosphoric acid groups is 3. The lowest BCUT2D eigenvalue weighted by Crippen LogP contribution is -2.45. The molecule has 3 heterocycles. The van der Waals surface area contributed by atoms with Crippen LogP contribution in [-0.2, 0) is 31.6 Å². The van der Waals surface area contributed by atoms with Crippen LogP contribution in [0, 0.1) is 12.3 Å². The van der Waals surface area contributed by atoms with E-state index < -0.39 is 54.1 Å². The van der Waals surface area contributed by atoms with E-state index >= 15 is 0 Å². The zero-order valence-electron chi connectivity index (χ0n) is 16.1. The normalized spacial score (nSPS) is 29.4. The summed E-state index contributed by atoms with van der Waals surface area (Å²) in [5.74, 6) is 2.08. The fourth-order valence-corrected chi connectivity index (χ4v) is 6.02. The van der Waals surface area contributed by atoms with Crippen molar-refractivity contribution in [1.29, 1.82) is 0 Å². The van der Waals surface area contributed by atoms with E-state index in [1.165, 1.54) is 16.8 Å². The van der Waals surface area contributed by atoms with Crippen LogP contribution >= 0.6 is 23.5 Å². The van der Waals surface area contributed by atoms with Gasteiger partial charge in [0.15, 0.2) is 11.8 Å². The fourth-order valence-electron chi connectivity index (χ4n) is 2.99. The molecule has 0 amide bonds. The number of nitrogen functional groups attached to an aromatic ring is 1. The van der Waals surface area contributed by atoms with Crippen LogP contribution in [0.3, 0.4) is 0 Å². The minimum Gasteiger partial charge on any atom is -0.386 e. The Morgan fingerprint density at radius 1 is 1.21 bits per heavy atom. The minimum atomic E-state index is -5.74. The molecular weight excluding hydrogens is 513 g/mol. The molecule has 17 nitrogen and oxygen atoms in total. The highest BCUT2D eigenvalue weighted by Crippen LogP contribution is 2.66. The van der Waals surface area contributed by atoms with Crippen LogP contribution in [0.1, 0.15) is 6.23 Å². The summed E-state index contributed by atoms with van der Waals surface area (Å²) in [6.07, 6.45) is 2.86. The molecule has 20 heteroatoms. The second kappa shape index (κ2) is 8.81. The molecule has 3 rings (SSSR count). The van der Waals surface area contributed by atoms with Crippen molar-refractivity contribution < 1.29 is 61.4 Å². The topological polar surface area (TPSA) is 266 Å². The number of terminal acetylenes is 1. The molecule has 0 bridgehead atoms. The number of phosphoric ester groups is 1. The van der Waals surface area contributed by atoms with E-state index in [1.807, 2.05) is 5.92 Å². The van der Waals surface area contributed by atoms with Crippen molar-refractivity contribution in [3.8, 4) is 12.3 Å². The molecule has 6 atom stereocenters. The molecule has 33 heavy (non-hydrogen) atoms. The van der Waals surface area contributed by atoms with Gasteiger partial charge in [0.05, 0.1) is 12.0 Å². The van der Waals surface area contributed by atoms with Crippen LogP contribution in [-0.4, -0.2) is 68.7 Å². The van der Waals surface area contributed by atoms with Crippen molar-refractivity contribution >= 4 is 40.3 Å². The van der Waals surface area contributed by atoms with Crippen molar-refractivity contribution in [2.24, 2.45) is 0 Å². The second-order valence-electron chi connectivity index (χ2n) is 6.55. The van der Waals surface area contributed by atoms with Gasteiger partial charge in [0.1, 0.15) is 30.0 Å². The summed E-state index contributed by atoms with van der Waals surface area (Å²) in [7, 11) is -16.8. The van der Waals surface area contributed by atoms with Crippen molar-refractivity contribution in [3.05, 3.63) is 18.6 Å². The van der Waals surface area contributed by atoms with Crippen LogP contribution in [0.4, 0.5) is 5.82 Å². The van der Waals surface area contributed by atoms with Crippen LogP contribution in [0.15, 0.2) is 18.6 Å². The van der Waals surface area contributed by atoms with E-state index in [0.717, 1.165) is 6.33 Å². The number of aliphatic hydroxyl groups is 2. The molecule has 2 aromatic rings. The first kappa shape index (κ1) is 25.9. The Labute approximate surface area is 184 Å². The average molecular weight is 530 g/mol. The van der Waals surface area contributed by atoms with Crippen LogP contribution in [0.2, 0.25) is 0 Å². The van der Waals surface area contributed by atoms with Gasteiger partial charge in [-0.3, -0.25) is 4.52 Å². The van der Waals surface area contributed by atoms with Crippen LogP contribution in [0.5, 0.6) is 0 Å². The minimum absolute atomic E-state index is 0.103. The highest BCUT2D eigenvalue weighted by molar-refractivity contribution is 7.66. The average Bonchev–Trinajstić information content (AvgIpc) is 3.18. The molecule has 182 valence electrons. The molecule has 0 spiro atoms. The Morgan fingerprint density at radius 3 is 2.48 bits per heavy atom. The molecule has 1 fully saturated rings. The van der Waals surface area contributed by atoms with E-state index in [4.69, 9.17) is 26.7 Å². The largest absolute Gasteiger partial charge is 0.490 e. The highest BCUT2D eigenvalue weighted by Gasteiger charge is 2.56. The number of aromatic nitrogens is 3. The molecular formula is C13H17N4O13P3. The highest BCUT2D eigenvalue weighted by atomic mass is 31.3. The van der Waals surface area contributed by atoms with Gasteiger partial charge < -0.3 is 44.8 Å². The molecule has 2 aromatic heterocycles. The molecule has 1 saturated heterocycles. The Morgan fingerprint density at radius 2 is 1.88 bits per heavy atom.